The molecule has 0 aliphatic carbocycles. The second kappa shape index (κ2) is 6.85. The number of carbonyl (C=O) groups is 1. The van der Waals surface area contributed by atoms with E-state index in [0.29, 0.717) is 19.8 Å². The largest absolute Gasteiger partial charge is 0.350 e. The SMILES string of the molecule is CC1(C)OCC[C@@H]([C@H]2[C@@H]([C@H]3COC(C)(C)O3)C(=O)N2Cc2ccccc2)O1. The van der Waals surface area contributed by atoms with Crippen molar-refractivity contribution in [3.8, 4) is 0 Å². The van der Waals surface area contributed by atoms with Crippen LogP contribution in [0.1, 0.15) is 39.7 Å². The van der Waals surface area contributed by atoms with Gasteiger partial charge in [0.2, 0.25) is 5.91 Å². The minimum atomic E-state index is -0.648. The average molecular weight is 375 g/mol. The molecular weight excluding hydrogens is 346 g/mol. The standard InChI is InChI=1S/C21H29NO5/c1-20(2)24-11-10-15(26-20)18-17(16-13-25-21(3,4)27-16)19(23)22(18)12-14-8-6-5-7-9-14/h5-9,15-18H,10-13H2,1-4H3/t15-,16+,17+,18-/m0/s1. The van der Waals surface area contributed by atoms with Gasteiger partial charge in [-0.05, 0) is 39.7 Å². The number of ether oxygens (including phenoxy) is 4. The molecule has 6 heteroatoms. The van der Waals surface area contributed by atoms with Crippen molar-refractivity contribution in [2.24, 2.45) is 5.92 Å². The number of benzene rings is 1. The van der Waals surface area contributed by atoms with Crippen LogP contribution < -0.4 is 0 Å². The van der Waals surface area contributed by atoms with Gasteiger partial charge in [-0.2, -0.15) is 0 Å². The molecule has 6 nitrogen and oxygen atoms in total. The molecule has 4 rings (SSSR count). The van der Waals surface area contributed by atoms with E-state index in [2.05, 4.69) is 0 Å². The van der Waals surface area contributed by atoms with E-state index in [1.807, 2.05) is 62.9 Å². The van der Waals surface area contributed by atoms with Crippen LogP contribution >= 0.6 is 0 Å². The quantitative estimate of drug-likeness (QED) is 0.758. The number of carbonyl (C=O) groups excluding carboxylic acids is 1. The van der Waals surface area contributed by atoms with Crippen molar-refractivity contribution in [2.45, 2.75) is 70.5 Å². The molecule has 3 heterocycles. The van der Waals surface area contributed by atoms with Crippen LogP contribution in [0.15, 0.2) is 30.3 Å². The summed E-state index contributed by atoms with van der Waals surface area (Å²) in [6.07, 6.45) is 0.451. The lowest BCUT2D eigenvalue weighted by atomic mass is 9.78. The average Bonchev–Trinajstić information content (AvgIpc) is 2.96. The van der Waals surface area contributed by atoms with Crippen LogP contribution in [-0.2, 0) is 30.3 Å². The van der Waals surface area contributed by atoms with Gasteiger partial charge < -0.3 is 23.8 Å². The fourth-order valence-corrected chi connectivity index (χ4v) is 4.38. The summed E-state index contributed by atoms with van der Waals surface area (Å²) in [6.45, 7) is 9.28. The molecule has 3 aliphatic rings. The molecule has 3 saturated heterocycles. The van der Waals surface area contributed by atoms with E-state index in [-0.39, 0.29) is 30.1 Å². The highest BCUT2D eigenvalue weighted by molar-refractivity contribution is 5.87. The summed E-state index contributed by atoms with van der Waals surface area (Å²) in [5.41, 5.74) is 1.12. The highest BCUT2D eigenvalue weighted by Gasteiger charge is 2.58. The molecule has 0 unspecified atom stereocenters. The van der Waals surface area contributed by atoms with Crippen molar-refractivity contribution in [1.29, 1.82) is 0 Å². The Morgan fingerprint density at radius 3 is 2.30 bits per heavy atom. The Hall–Kier alpha value is -1.47. The first kappa shape index (κ1) is 18.9. The van der Waals surface area contributed by atoms with Crippen LogP contribution in [0.3, 0.4) is 0 Å². The zero-order valence-electron chi connectivity index (χ0n) is 16.5. The molecule has 3 fully saturated rings. The Morgan fingerprint density at radius 2 is 1.67 bits per heavy atom. The monoisotopic (exact) mass is 375 g/mol. The van der Waals surface area contributed by atoms with E-state index in [1.54, 1.807) is 0 Å². The lowest BCUT2D eigenvalue weighted by molar-refractivity contribution is -0.294. The maximum atomic E-state index is 13.1. The Morgan fingerprint density at radius 1 is 1.00 bits per heavy atom. The number of hydrogen-bond donors (Lipinski definition) is 0. The number of amides is 1. The smallest absolute Gasteiger partial charge is 0.231 e. The first-order valence-electron chi connectivity index (χ1n) is 9.74. The second-order valence-electron chi connectivity index (χ2n) is 8.53. The summed E-state index contributed by atoms with van der Waals surface area (Å²) in [6, 6.07) is 10.0. The van der Waals surface area contributed by atoms with Gasteiger partial charge in [0, 0.05) is 6.54 Å². The van der Waals surface area contributed by atoms with Crippen LogP contribution in [0.2, 0.25) is 0 Å². The van der Waals surface area contributed by atoms with Crippen molar-refractivity contribution in [3.63, 3.8) is 0 Å². The third-order valence-corrected chi connectivity index (χ3v) is 5.59. The number of β-lactam (4-membered cyclic amide) rings is 1. The summed E-state index contributed by atoms with van der Waals surface area (Å²) >= 11 is 0. The van der Waals surface area contributed by atoms with E-state index in [9.17, 15) is 4.79 Å². The van der Waals surface area contributed by atoms with Gasteiger partial charge in [0.1, 0.15) is 0 Å². The van der Waals surface area contributed by atoms with Crippen LogP contribution in [0.4, 0.5) is 0 Å². The first-order valence-corrected chi connectivity index (χ1v) is 9.74. The molecule has 4 atom stereocenters. The summed E-state index contributed by atoms with van der Waals surface area (Å²) in [4.78, 5) is 15.0. The normalized spacial score (nSPS) is 35.1. The van der Waals surface area contributed by atoms with Crippen LogP contribution in [-0.4, -0.2) is 53.8 Å². The molecule has 148 valence electrons. The van der Waals surface area contributed by atoms with Crippen molar-refractivity contribution in [1.82, 2.24) is 4.90 Å². The maximum absolute atomic E-state index is 13.1. The lowest BCUT2D eigenvalue weighted by Crippen LogP contribution is -2.70. The van der Waals surface area contributed by atoms with Gasteiger partial charge in [0.25, 0.3) is 0 Å². The Balaban J connectivity index is 1.56. The van der Waals surface area contributed by atoms with Crippen molar-refractivity contribution >= 4 is 5.91 Å². The molecule has 0 aromatic heterocycles. The van der Waals surface area contributed by atoms with Crippen molar-refractivity contribution in [3.05, 3.63) is 35.9 Å². The molecule has 1 amide bonds. The Bertz CT molecular complexity index is 689. The fraction of sp³-hybridized carbons (Fsp3) is 0.667. The summed E-state index contributed by atoms with van der Waals surface area (Å²) in [7, 11) is 0. The third-order valence-electron chi connectivity index (χ3n) is 5.59. The van der Waals surface area contributed by atoms with Gasteiger partial charge in [0.05, 0.1) is 37.4 Å². The minimum Gasteiger partial charge on any atom is -0.350 e. The van der Waals surface area contributed by atoms with Crippen LogP contribution in [0, 0.1) is 5.92 Å². The van der Waals surface area contributed by atoms with Gasteiger partial charge in [-0.3, -0.25) is 4.79 Å². The number of likely N-dealkylation sites (tertiary alicyclic amines) is 1. The van der Waals surface area contributed by atoms with Crippen molar-refractivity contribution < 1.29 is 23.7 Å². The maximum Gasteiger partial charge on any atom is 0.231 e. The number of nitrogens with zero attached hydrogens (tertiary/aromatic N) is 1. The predicted molar refractivity (Wildman–Crippen MR) is 98.7 cm³/mol. The molecule has 27 heavy (non-hydrogen) atoms. The molecule has 0 radical (unpaired) electrons. The lowest BCUT2D eigenvalue weighted by Gasteiger charge is -2.54. The molecule has 1 aromatic carbocycles. The first-order chi connectivity index (χ1) is 12.8. The van der Waals surface area contributed by atoms with E-state index >= 15 is 0 Å². The van der Waals surface area contributed by atoms with Gasteiger partial charge in [-0.15, -0.1) is 0 Å². The van der Waals surface area contributed by atoms with E-state index in [1.165, 1.54) is 0 Å². The van der Waals surface area contributed by atoms with Crippen LogP contribution in [0.5, 0.6) is 0 Å². The summed E-state index contributed by atoms with van der Waals surface area (Å²) < 4.78 is 23.7. The fourth-order valence-electron chi connectivity index (χ4n) is 4.38. The van der Waals surface area contributed by atoms with Gasteiger partial charge >= 0.3 is 0 Å². The topological polar surface area (TPSA) is 57.2 Å². The van der Waals surface area contributed by atoms with Gasteiger partial charge in [-0.1, -0.05) is 30.3 Å². The summed E-state index contributed by atoms with van der Waals surface area (Å²) in [5, 5.41) is 0. The van der Waals surface area contributed by atoms with Gasteiger partial charge in [-0.25, -0.2) is 0 Å². The van der Waals surface area contributed by atoms with Crippen molar-refractivity contribution in [2.75, 3.05) is 13.2 Å². The molecule has 0 bridgehead atoms. The zero-order chi connectivity index (χ0) is 19.2. The van der Waals surface area contributed by atoms with E-state index in [4.69, 9.17) is 18.9 Å². The Kier molecular flexibility index (Phi) is 4.79. The summed E-state index contributed by atoms with van der Waals surface area (Å²) in [5.74, 6) is -1.42. The zero-order valence-corrected chi connectivity index (χ0v) is 16.5. The van der Waals surface area contributed by atoms with E-state index < -0.39 is 11.6 Å². The molecule has 0 N–H and O–H groups in total. The molecule has 0 spiro atoms. The van der Waals surface area contributed by atoms with E-state index in [0.717, 1.165) is 12.0 Å². The van der Waals surface area contributed by atoms with Gasteiger partial charge in [0.15, 0.2) is 11.6 Å². The number of rotatable bonds is 4. The molecule has 3 aliphatic heterocycles. The third kappa shape index (κ3) is 3.76. The molecule has 0 saturated carbocycles. The number of hydrogen-bond acceptors (Lipinski definition) is 5. The van der Waals surface area contributed by atoms with Crippen LogP contribution in [0.25, 0.3) is 0 Å². The Labute approximate surface area is 160 Å². The second-order valence-corrected chi connectivity index (χ2v) is 8.53. The molecular formula is C21H29NO5. The minimum absolute atomic E-state index is 0.0385. The highest BCUT2D eigenvalue weighted by Crippen LogP contribution is 2.42. The molecule has 1 aromatic rings. The highest BCUT2D eigenvalue weighted by atomic mass is 16.7. The predicted octanol–water partition coefficient (Wildman–Crippen LogP) is 2.71.